The molecule has 0 aliphatic rings. The zero-order chi connectivity index (χ0) is 17.4. The van der Waals surface area contributed by atoms with Gasteiger partial charge < -0.3 is 4.74 Å². The van der Waals surface area contributed by atoms with E-state index in [1.807, 2.05) is 30.3 Å². The van der Waals surface area contributed by atoms with Crippen LogP contribution in [0, 0.1) is 5.82 Å². The maximum Gasteiger partial charge on any atom is 0.411 e. The molecule has 0 unspecified atom stereocenters. The first-order chi connectivity index (χ1) is 11.6. The van der Waals surface area contributed by atoms with Crippen LogP contribution in [-0.4, -0.2) is 18.2 Å². The SMILES string of the molecule is O=CC(=O)CCc1ccc(NC(=O)OCc2ccccc2)cc1F. The van der Waals surface area contributed by atoms with E-state index in [9.17, 15) is 18.8 Å². The summed E-state index contributed by atoms with van der Waals surface area (Å²) in [5.74, 6) is -1.14. The molecule has 2 aromatic rings. The first kappa shape index (κ1) is 17.3. The number of hydrogen-bond acceptors (Lipinski definition) is 4. The van der Waals surface area contributed by atoms with Gasteiger partial charge in [-0.2, -0.15) is 0 Å². The van der Waals surface area contributed by atoms with E-state index >= 15 is 0 Å². The number of amides is 1. The van der Waals surface area contributed by atoms with Gasteiger partial charge in [0, 0.05) is 12.1 Å². The lowest BCUT2D eigenvalue weighted by molar-refractivity contribution is -0.129. The first-order valence-electron chi connectivity index (χ1n) is 7.32. The summed E-state index contributed by atoms with van der Waals surface area (Å²) < 4.78 is 19.0. The van der Waals surface area contributed by atoms with Crippen molar-refractivity contribution >= 4 is 23.9 Å². The number of Topliss-reactive ketones (excluding diaryl/α,β-unsaturated/α-hetero) is 1. The lowest BCUT2D eigenvalue weighted by Gasteiger charge is -2.08. The highest BCUT2D eigenvalue weighted by atomic mass is 19.1. The fourth-order valence-corrected chi connectivity index (χ4v) is 2.02. The number of ketones is 1. The summed E-state index contributed by atoms with van der Waals surface area (Å²) >= 11 is 0. The fourth-order valence-electron chi connectivity index (χ4n) is 2.02. The fraction of sp³-hybridized carbons (Fsp3) is 0.167. The summed E-state index contributed by atoms with van der Waals surface area (Å²) in [5, 5.41) is 2.43. The van der Waals surface area contributed by atoms with Gasteiger partial charge in [0.25, 0.3) is 0 Å². The van der Waals surface area contributed by atoms with E-state index in [2.05, 4.69) is 5.32 Å². The molecule has 0 saturated carbocycles. The van der Waals surface area contributed by atoms with E-state index in [0.29, 0.717) is 5.56 Å². The van der Waals surface area contributed by atoms with Crippen LogP contribution in [0.5, 0.6) is 0 Å². The Labute approximate surface area is 138 Å². The van der Waals surface area contributed by atoms with Crippen LogP contribution in [0.4, 0.5) is 14.9 Å². The summed E-state index contributed by atoms with van der Waals surface area (Å²) in [7, 11) is 0. The largest absolute Gasteiger partial charge is 0.444 e. The number of anilines is 1. The van der Waals surface area contributed by atoms with E-state index in [-0.39, 0.29) is 31.4 Å². The average molecular weight is 329 g/mol. The molecule has 2 rings (SSSR count). The van der Waals surface area contributed by atoms with E-state index in [1.165, 1.54) is 12.1 Å². The Kier molecular flexibility index (Phi) is 6.19. The second kappa shape index (κ2) is 8.57. The quantitative estimate of drug-likeness (QED) is 0.625. The molecule has 0 aromatic heterocycles. The molecule has 2 aromatic carbocycles. The molecule has 0 spiro atoms. The van der Waals surface area contributed by atoms with Gasteiger partial charge in [-0.3, -0.25) is 14.9 Å². The van der Waals surface area contributed by atoms with Crippen molar-refractivity contribution in [3.63, 3.8) is 0 Å². The minimum atomic E-state index is -0.692. The Morgan fingerprint density at radius 2 is 1.88 bits per heavy atom. The maximum absolute atomic E-state index is 13.9. The third kappa shape index (κ3) is 5.31. The van der Waals surface area contributed by atoms with Crippen LogP contribution < -0.4 is 5.32 Å². The number of ether oxygens (including phenoxy) is 1. The molecule has 1 N–H and O–H groups in total. The van der Waals surface area contributed by atoms with Gasteiger partial charge in [0.05, 0.1) is 0 Å². The van der Waals surface area contributed by atoms with Crippen molar-refractivity contribution in [1.29, 1.82) is 0 Å². The van der Waals surface area contributed by atoms with E-state index in [4.69, 9.17) is 4.74 Å². The van der Waals surface area contributed by atoms with Crippen molar-refractivity contribution < 1.29 is 23.5 Å². The molecule has 0 atom stereocenters. The van der Waals surface area contributed by atoms with E-state index in [0.717, 1.165) is 11.6 Å². The van der Waals surface area contributed by atoms with Gasteiger partial charge in [0.2, 0.25) is 0 Å². The van der Waals surface area contributed by atoms with E-state index < -0.39 is 17.7 Å². The summed E-state index contributed by atoms with van der Waals surface area (Å²) in [6.07, 6.45) is -0.396. The van der Waals surface area contributed by atoms with Crippen LogP contribution >= 0.6 is 0 Å². The van der Waals surface area contributed by atoms with Gasteiger partial charge in [0.1, 0.15) is 12.4 Å². The number of carbonyl (C=O) groups excluding carboxylic acids is 3. The van der Waals surface area contributed by atoms with Gasteiger partial charge in [0.15, 0.2) is 12.1 Å². The van der Waals surface area contributed by atoms with Gasteiger partial charge in [-0.25, -0.2) is 9.18 Å². The molecule has 0 radical (unpaired) electrons. The Morgan fingerprint density at radius 3 is 2.54 bits per heavy atom. The van der Waals surface area contributed by atoms with Gasteiger partial charge in [-0.1, -0.05) is 36.4 Å². The van der Waals surface area contributed by atoms with Crippen molar-refractivity contribution in [3.05, 3.63) is 65.5 Å². The molecular formula is C18H16FNO4. The third-order valence-electron chi connectivity index (χ3n) is 3.28. The second-order valence-electron chi connectivity index (χ2n) is 5.08. The van der Waals surface area contributed by atoms with Crippen molar-refractivity contribution in [2.75, 3.05) is 5.32 Å². The number of benzene rings is 2. The van der Waals surface area contributed by atoms with Gasteiger partial charge >= 0.3 is 6.09 Å². The lowest BCUT2D eigenvalue weighted by Crippen LogP contribution is -2.13. The maximum atomic E-state index is 13.9. The predicted molar refractivity (Wildman–Crippen MR) is 86.0 cm³/mol. The molecule has 124 valence electrons. The topological polar surface area (TPSA) is 72.5 Å². The number of rotatable bonds is 7. The Balaban J connectivity index is 1.88. The summed E-state index contributed by atoms with van der Waals surface area (Å²) in [6.45, 7) is 0.112. The molecule has 0 fully saturated rings. The molecule has 6 heteroatoms. The Bertz CT molecular complexity index is 731. The number of nitrogens with one attached hydrogen (secondary N) is 1. The standard InChI is InChI=1S/C18H16FNO4/c19-17-10-15(8-6-14(17)7-9-16(22)11-21)20-18(23)24-12-13-4-2-1-3-5-13/h1-6,8,10-11H,7,9,12H2,(H,20,23). The van der Waals surface area contributed by atoms with Crippen LogP contribution in [0.1, 0.15) is 17.5 Å². The van der Waals surface area contributed by atoms with Gasteiger partial charge in [-0.15, -0.1) is 0 Å². The van der Waals surface area contributed by atoms with Crippen molar-refractivity contribution in [1.82, 2.24) is 0 Å². The molecule has 1 amide bonds. The highest BCUT2D eigenvalue weighted by molar-refractivity contribution is 6.24. The number of aldehydes is 1. The van der Waals surface area contributed by atoms with Crippen molar-refractivity contribution in [2.45, 2.75) is 19.4 Å². The molecule has 5 nitrogen and oxygen atoms in total. The molecule has 0 aliphatic carbocycles. The second-order valence-corrected chi connectivity index (χ2v) is 5.08. The smallest absolute Gasteiger partial charge is 0.411 e. The van der Waals surface area contributed by atoms with Crippen LogP contribution in [0.15, 0.2) is 48.5 Å². The van der Waals surface area contributed by atoms with Crippen LogP contribution in [-0.2, 0) is 27.4 Å². The van der Waals surface area contributed by atoms with Crippen molar-refractivity contribution in [2.24, 2.45) is 0 Å². The first-order valence-corrected chi connectivity index (χ1v) is 7.32. The number of hydrogen-bond donors (Lipinski definition) is 1. The number of halogens is 1. The summed E-state index contributed by atoms with van der Waals surface area (Å²) in [5.41, 5.74) is 1.39. The predicted octanol–water partition coefficient (Wildman–Crippen LogP) is 3.28. The minimum Gasteiger partial charge on any atom is -0.444 e. The zero-order valence-electron chi connectivity index (χ0n) is 12.8. The van der Waals surface area contributed by atoms with E-state index in [1.54, 1.807) is 0 Å². The number of aryl methyl sites for hydroxylation is 1. The molecule has 24 heavy (non-hydrogen) atoms. The highest BCUT2D eigenvalue weighted by Gasteiger charge is 2.09. The average Bonchev–Trinajstić information content (AvgIpc) is 2.60. The minimum absolute atomic E-state index is 0.0493. The van der Waals surface area contributed by atoms with Gasteiger partial charge in [-0.05, 0) is 29.7 Å². The van der Waals surface area contributed by atoms with Crippen molar-refractivity contribution in [3.8, 4) is 0 Å². The number of carbonyl (C=O) groups is 3. The highest BCUT2D eigenvalue weighted by Crippen LogP contribution is 2.16. The third-order valence-corrected chi connectivity index (χ3v) is 3.28. The molecule has 0 heterocycles. The molecular weight excluding hydrogens is 313 g/mol. The molecule has 0 aliphatic heterocycles. The summed E-state index contributed by atoms with van der Waals surface area (Å²) in [4.78, 5) is 32.9. The van der Waals surface area contributed by atoms with Crippen LogP contribution in [0.2, 0.25) is 0 Å². The molecule has 0 bridgehead atoms. The van der Waals surface area contributed by atoms with Crippen LogP contribution in [0.25, 0.3) is 0 Å². The Morgan fingerprint density at radius 1 is 1.12 bits per heavy atom. The summed E-state index contributed by atoms with van der Waals surface area (Å²) in [6, 6.07) is 13.3. The zero-order valence-corrected chi connectivity index (χ0v) is 12.8. The van der Waals surface area contributed by atoms with Crippen LogP contribution in [0.3, 0.4) is 0 Å². The lowest BCUT2D eigenvalue weighted by atomic mass is 10.1. The molecule has 0 saturated heterocycles. The monoisotopic (exact) mass is 329 g/mol. The Hall–Kier alpha value is -3.02. The normalized spacial score (nSPS) is 10.0.